The highest BCUT2D eigenvalue weighted by atomic mass is 16.7. The molecule has 0 spiro atoms. The van der Waals surface area contributed by atoms with Gasteiger partial charge >= 0.3 is 0 Å². The first-order valence-corrected chi connectivity index (χ1v) is 36.9. The van der Waals surface area contributed by atoms with Gasteiger partial charge in [-0.3, -0.25) is 4.79 Å². The predicted octanol–water partition coefficient (Wildman–Crippen LogP) is 20.8. The van der Waals surface area contributed by atoms with Crippen molar-refractivity contribution in [2.24, 2.45) is 0 Å². The number of aliphatic hydroxyl groups excluding tert-OH is 5. The Labute approximate surface area is 547 Å². The molecule has 0 bridgehead atoms. The molecule has 1 aliphatic rings. The van der Waals surface area contributed by atoms with Crippen molar-refractivity contribution < 1.29 is 39.8 Å². The van der Waals surface area contributed by atoms with Gasteiger partial charge in [0.25, 0.3) is 0 Å². The zero-order valence-electron chi connectivity index (χ0n) is 57.1. The van der Waals surface area contributed by atoms with E-state index in [1.54, 1.807) is 0 Å². The normalized spacial score (nSPS) is 18.7. The van der Waals surface area contributed by atoms with Crippen LogP contribution in [-0.4, -0.2) is 87.5 Å². The van der Waals surface area contributed by atoms with Crippen LogP contribution in [0.25, 0.3) is 0 Å². The number of carbonyl (C=O) groups is 1. The van der Waals surface area contributed by atoms with Crippen LogP contribution in [0.4, 0.5) is 0 Å². The van der Waals surface area contributed by atoms with Gasteiger partial charge in [0.05, 0.1) is 25.4 Å². The van der Waals surface area contributed by atoms with E-state index in [1.807, 2.05) is 0 Å². The zero-order chi connectivity index (χ0) is 64.2. The number of aliphatic hydroxyl groups is 5. The SMILES string of the molecule is CC/C=C\C/C=C\C/C=C\C/C=C\C/C=C\C/C=C\C/C=C\C/C=C\C/C=C\C/C=C\C/C=C\CCCCCCCCCC(=O)NC(COC1OC(CO)C(O)C(O)C1O)C(O)CCCCCCCCCCCCCCCCCCCCCCCCCCC. The highest BCUT2D eigenvalue weighted by Gasteiger charge is 2.44. The Hall–Kier alpha value is -3.67. The molecule has 7 atom stereocenters. The van der Waals surface area contributed by atoms with Crippen LogP contribution in [0.3, 0.4) is 0 Å². The van der Waals surface area contributed by atoms with Crippen molar-refractivity contribution in [2.75, 3.05) is 13.2 Å². The van der Waals surface area contributed by atoms with Gasteiger partial charge in [-0.1, -0.05) is 340 Å². The van der Waals surface area contributed by atoms with Crippen LogP contribution >= 0.6 is 0 Å². The van der Waals surface area contributed by atoms with E-state index in [4.69, 9.17) is 9.47 Å². The van der Waals surface area contributed by atoms with Gasteiger partial charge < -0.3 is 40.3 Å². The van der Waals surface area contributed by atoms with Gasteiger partial charge in [0.1, 0.15) is 24.4 Å². The maximum Gasteiger partial charge on any atom is 0.220 e. The van der Waals surface area contributed by atoms with E-state index in [9.17, 15) is 30.3 Å². The van der Waals surface area contributed by atoms with E-state index in [-0.39, 0.29) is 12.5 Å². The molecule has 0 aromatic rings. The minimum atomic E-state index is -1.56. The van der Waals surface area contributed by atoms with Gasteiger partial charge in [-0.15, -0.1) is 0 Å². The Morgan fingerprint density at radius 1 is 0.393 bits per heavy atom. The molecule has 0 aromatic heterocycles. The van der Waals surface area contributed by atoms with Gasteiger partial charge in [-0.25, -0.2) is 0 Å². The molecule has 0 aromatic carbocycles. The average molecular weight is 1240 g/mol. The summed E-state index contributed by atoms with van der Waals surface area (Å²) in [7, 11) is 0. The lowest BCUT2D eigenvalue weighted by Gasteiger charge is -2.40. The summed E-state index contributed by atoms with van der Waals surface area (Å²) in [4.78, 5) is 13.2. The first-order chi connectivity index (χ1) is 43.8. The van der Waals surface area contributed by atoms with E-state index in [0.717, 1.165) is 122 Å². The van der Waals surface area contributed by atoms with Gasteiger partial charge in [0, 0.05) is 6.42 Å². The Kier molecular flexibility index (Phi) is 63.0. The van der Waals surface area contributed by atoms with Gasteiger partial charge in [0.2, 0.25) is 5.91 Å². The topological polar surface area (TPSA) is 149 Å². The van der Waals surface area contributed by atoms with Crippen LogP contribution in [0.1, 0.15) is 309 Å². The number of amides is 1. The van der Waals surface area contributed by atoms with Crippen LogP contribution in [0.2, 0.25) is 0 Å². The Bertz CT molecular complexity index is 1870. The molecule has 1 rings (SSSR count). The number of allylic oxidation sites excluding steroid dienone is 22. The Balaban J connectivity index is 2.14. The summed E-state index contributed by atoms with van der Waals surface area (Å²) in [6, 6.07) is -0.736. The van der Waals surface area contributed by atoms with Gasteiger partial charge in [-0.2, -0.15) is 0 Å². The fourth-order valence-corrected chi connectivity index (χ4v) is 11.1. The molecule has 7 unspecified atom stereocenters. The second-order valence-corrected chi connectivity index (χ2v) is 25.0. The van der Waals surface area contributed by atoms with Crippen molar-refractivity contribution in [3.05, 3.63) is 134 Å². The highest BCUT2D eigenvalue weighted by molar-refractivity contribution is 5.76. The van der Waals surface area contributed by atoms with Crippen LogP contribution in [0, 0.1) is 0 Å². The second-order valence-electron chi connectivity index (χ2n) is 25.0. The van der Waals surface area contributed by atoms with Crippen molar-refractivity contribution in [3.8, 4) is 0 Å². The minimum absolute atomic E-state index is 0.148. The minimum Gasteiger partial charge on any atom is -0.394 e. The van der Waals surface area contributed by atoms with Crippen molar-refractivity contribution in [1.82, 2.24) is 5.32 Å². The highest BCUT2D eigenvalue weighted by Crippen LogP contribution is 2.24. The summed E-state index contributed by atoms with van der Waals surface area (Å²) in [5.74, 6) is -0.157. The number of hydrogen-bond acceptors (Lipinski definition) is 8. The summed E-state index contributed by atoms with van der Waals surface area (Å²) < 4.78 is 11.4. The second kappa shape index (κ2) is 67.2. The molecule has 1 amide bonds. The third-order valence-electron chi connectivity index (χ3n) is 16.8. The van der Waals surface area contributed by atoms with E-state index >= 15 is 0 Å². The summed E-state index contributed by atoms with van der Waals surface area (Å²) in [5, 5.41) is 55.0. The van der Waals surface area contributed by atoms with E-state index < -0.39 is 49.5 Å². The molecular formula is C80H137NO8. The fraction of sp³-hybridized carbons (Fsp3) is 0.713. The van der Waals surface area contributed by atoms with Crippen LogP contribution < -0.4 is 5.32 Å². The van der Waals surface area contributed by atoms with E-state index in [0.29, 0.717) is 12.8 Å². The third kappa shape index (κ3) is 55.7. The smallest absolute Gasteiger partial charge is 0.220 e. The summed E-state index contributed by atoms with van der Waals surface area (Å²) >= 11 is 0. The van der Waals surface area contributed by atoms with Crippen molar-refractivity contribution in [2.45, 2.75) is 352 Å². The third-order valence-corrected chi connectivity index (χ3v) is 16.8. The van der Waals surface area contributed by atoms with Gasteiger partial charge in [0.15, 0.2) is 6.29 Å². The fourth-order valence-electron chi connectivity index (χ4n) is 11.1. The molecule has 9 nitrogen and oxygen atoms in total. The zero-order valence-corrected chi connectivity index (χ0v) is 57.1. The molecule has 1 aliphatic heterocycles. The lowest BCUT2D eigenvalue weighted by atomic mass is 9.99. The van der Waals surface area contributed by atoms with Crippen molar-refractivity contribution in [3.63, 3.8) is 0 Å². The van der Waals surface area contributed by atoms with Crippen molar-refractivity contribution >= 4 is 5.91 Å². The summed E-state index contributed by atoms with van der Waals surface area (Å²) in [6.45, 7) is 3.74. The Morgan fingerprint density at radius 3 is 1.03 bits per heavy atom. The van der Waals surface area contributed by atoms with Crippen molar-refractivity contribution in [1.29, 1.82) is 0 Å². The first kappa shape index (κ1) is 83.3. The largest absolute Gasteiger partial charge is 0.394 e. The molecule has 0 aliphatic carbocycles. The molecular weight excluding hydrogens is 1100 g/mol. The summed E-state index contributed by atoms with van der Waals surface area (Å²) in [6.07, 6.45) is 95.1. The number of rotatable bonds is 63. The molecule has 89 heavy (non-hydrogen) atoms. The number of carbonyl (C=O) groups excluding carboxylic acids is 1. The lowest BCUT2D eigenvalue weighted by molar-refractivity contribution is -0.302. The number of hydrogen-bond donors (Lipinski definition) is 6. The molecule has 1 saturated heterocycles. The predicted molar refractivity (Wildman–Crippen MR) is 382 cm³/mol. The lowest BCUT2D eigenvalue weighted by Crippen LogP contribution is -2.60. The van der Waals surface area contributed by atoms with Crippen LogP contribution in [0.15, 0.2) is 134 Å². The molecule has 1 fully saturated rings. The standard InChI is InChI=1S/C80H137NO8/c1-3-5-7-9-11-13-15-17-19-21-23-25-27-29-30-31-32-33-34-35-36-37-38-39-40-41-42-43-44-46-48-50-52-54-56-58-60-62-64-66-68-70-76(84)81-73(72-88-80-79(87)78(86)77(85)75(71-82)89-80)74(83)69-67-65-63-61-59-57-55-53-51-49-47-45-28-26-24-22-20-18-16-14-12-10-8-6-4-2/h5,7,11,13,17,19,23,25,29-30,32-33,35-36,38-39,41-42,44,46,50,52,73-75,77-80,82-83,85-87H,3-4,6,8-10,12,14-16,18,20-22,24,26-28,31,34,37,40,43,45,47-49,51,53-72H2,1-2H3,(H,81,84)/b7-5-,13-11-,19-17-,25-23-,30-29-,33-32-,36-35-,39-38-,42-41-,46-44-,52-50-. The van der Waals surface area contributed by atoms with Crippen LogP contribution in [-0.2, 0) is 14.3 Å². The van der Waals surface area contributed by atoms with E-state index in [2.05, 4.69) is 153 Å². The first-order valence-electron chi connectivity index (χ1n) is 36.9. The van der Waals surface area contributed by atoms with Gasteiger partial charge in [-0.05, 0) is 96.3 Å². The Morgan fingerprint density at radius 2 is 0.697 bits per heavy atom. The summed E-state index contributed by atoms with van der Waals surface area (Å²) in [5.41, 5.74) is 0. The average Bonchev–Trinajstić information content (AvgIpc) is 2.59. The molecule has 0 saturated carbocycles. The molecule has 510 valence electrons. The maximum atomic E-state index is 13.2. The van der Waals surface area contributed by atoms with Crippen LogP contribution in [0.5, 0.6) is 0 Å². The number of unbranched alkanes of at least 4 members (excludes halogenated alkanes) is 31. The number of nitrogens with one attached hydrogen (secondary N) is 1. The molecule has 6 N–H and O–H groups in total. The number of ether oxygens (including phenoxy) is 2. The molecule has 0 radical (unpaired) electrons. The van der Waals surface area contributed by atoms with E-state index in [1.165, 1.54) is 161 Å². The maximum absolute atomic E-state index is 13.2. The monoisotopic (exact) mass is 1240 g/mol. The molecule has 9 heteroatoms. The molecule has 1 heterocycles. The quantitative estimate of drug-likeness (QED) is 0.0261.